The first-order chi connectivity index (χ1) is 10.8. The monoisotopic (exact) mass is 319 g/mol. The molecule has 3 rings (SSSR count). The molecular weight excluding hydrogens is 293 g/mol. The van der Waals surface area contributed by atoms with Gasteiger partial charge in [0.05, 0.1) is 24.4 Å². The topological polar surface area (TPSA) is 49.8 Å². The number of ether oxygens (including phenoxy) is 2. The van der Waals surface area contributed by atoms with Crippen LogP contribution in [0.2, 0.25) is 0 Å². The summed E-state index contributed by atoms with van der Waals surface area (Å²) >= 11 is 0. The fraction of sp³-hybridized carbons (Fsp3) is 0.706. The van der Waals surface area contributed by atoms with Crippen molar-refractivity contribution < 1.29 is 18.8 Å². The normalized spacial score (nSPS) is 24.0. The molecule has 2 aliphatic heterocycles. The zero-order valence-electron chi connectivity index (χ0n) is 14.7. The number of pyridine rings is 1. The molecule has 126 valence electrons. The van der Waals surface area contributed by atoms with Gasteiger partial charge < -0.3 is 18.8 Å². The Bertz CT molecular complexity index is 554. The number of hydrogen-bond donors (Lipinski definition) is 0. The second-order valence-electron chi connectivity index (χ2n) is 7.40. The van der Waals surface area contributed by atoms with Gasteiger partial charge in [0.1, 0.15) is 6.10 Å². The molecule has 0 bridgehead atoms. The van der Waals surface area contributed by atoms with Crippen molar-refractivity contribution in [3.8, 4) is 5.88 Å². The lowest BCUT2D eigenvalue weighted by molar-refractivity contribution is 0.00578. The molecule has 2 fully saturated rings. The summed E-state index contributed by atoms with van der Waals surface area (Å²) in [6.45, 7) is 11.8. The fourth-order valence-corrected chi connectivity index (χ4v) is 2.79. The van der Waals surface area contributed by atoms with E-state index in [2.05, 4.69) is 32.7 Å². The van der Waals surface area contributed by atoms with Crippen LogP contribution in [0.4, 0.5) is 0 Å². The lowest BCUT2D eigenvalue weighted by Crippen LogP contribution is -2.41. The minimum atomic E-state index is -0.385. The fourth-order valence-electron chi connectivity index (χ4n) is 2.79. The number of nitrogens with zero attached hydrogens (tertiary/aromatic N) is 1. The van der Waals surface area contributed by atoms with Gasteiger partial charge in [-0.05, 0) is 40.2 Å². The standard InChI is InChI=1S/C17H26BNO4/c1-12-10-15(21-13-6-8-20-9-7-13)19-11-14(12)18-22-16(2,3)17(4,5)23-18/h10-11,13H,6-9H2,1-5H3. The van der Waals surface area contributed by atoms with Crippen molar-refractivity contribution in [3.05, 3.63) is 17.8 Å². The van der Waals surface area contributed by atoms with Crippen LogP contribution >= 0.6 is 0 Å². The smallest absolute Gasteiger partial charge is 0.474 e. The zero-order chi connectivity index (χ0) is 16.7. The van der Waals surface area contributed by atoms with Crippen molar-refractivity contribution in [2.45, 2.75) is 64.8 Å². The highest BCUT2D eigenvalue weighted by Crippen LogP contribution is 2.36. The van der Waals surface area contributed by atoms with Crippen molar-refractivity contribution in [2.75, 3.05) is 13.2 Å². The molecule has 23 heavy (non-hydrogen) atoms. The second kappa shape index (κ2) is 6.08. The summed E-state index contributed by atoms with van der Waals surface area (Å²) < 4.78 is 23.5. The predicted octanol–water partition coefficient (Wildman–Crippen LogP) is 2.25. The SMILES string of the molecule is Cc1cc(OC2CCOCC2)ncc1B1OC(C)(C)C(C)(C)O1. The summed E-state index contributed by atoms with van der Waals surface area (Å²) in [5.41, 5.74) is 1.34. The van der Waals surface area contributed by atoms with E-state index in [0.717, 1.165) is 37.1 Å². The average Bonchev–Trinajstić information content (AvgIpc) is 2.68. The molecule has 0 atom stereocenters. The van der Waals surface area contributed by atoms with Crippen molar-refractivity contribution in [1.29, 1.82) is 0 Å². The molecular formula is C17H26BNO4. The summed E-state index contributed by atoms with van der Waals surface area (Å²) in [5, 5.41) is 0. The van der Waals surface area contributed by atoms with Crippen LogP contribution in [-0.4, -0.2) is 42.6 Å². The molecule has 6 heteroatoms. The summed E-state index contributed by atoms with van der Waals surface area (Å²) in [6, 6.07) is 1.97. The third kappa shape index (κ3) is 3.39. The van der Waals surface area contributed by atoms with Crippen LogP contribution in [0.3, 0.4) is 0 Å². The molecule has 3 heterocycles. The maximum atomic E-state index is 6.10. The van der Waals surface area contributed by atoms with Gasteiger partial charge in [-0.1, -0.05) is 0 Å². The van der Waals surface area contributed by atoms with Gasteiger partial charge in [0.15, 0.2) is 0 Å². The largest absolute Gasteiger partial charge is 0.496 e. The van der Waals surface area contributed by atoms with E-state index < -0.39 is 0 Å². The molecule has 0 spiro atoms. The third-order valence-corrected chi connectivity index (χ3v) is 5.09. The van der Waals surface area contributed by atoms with Crippen molar-refractivity contribution in [3.63, 3.8) is 0 Å². The Kier molecular flexibility index (Phi) is 4.42. The lowest BCUT2D eigenvalue weighted by Gasteiger charge is -2.32. The minimum absolute atomic E-state index is 0.193. The molecule has 2 saturated heterocycles. The molecule has 1 aromatic rings. The van der Waals surface area contributed by atoms with Crippen molar-refractivity contribution in [1.82, 2.24) is 4.98 Å². The Labute approximate surface area is 138 Å². The molecule has 0 N–H and O–H groups in total. The van der Waals surface area contributed by atoms with E-state index in [1.807, 2.05) is 19.2 Å². The highest BCUT2D eigenvalue weighted by atomic mass is 16.7. The molecule has 0 aliphatic carbocycles. The molecule has 1 aromatic heterocycles. The quantitative estimate of drug-likeness (QED) is 0.800. The number of aromatic nitrogens is 1. The molecule has 0 aromatic carbocycles. The Balaban J connectivity index is 1.72. The van der Waals surface area contributed by atoms with Crippen LogP contribution in [0.25, 0.3) is 0 Å². The van der Waals surface area contributed by atoms with Crippen LogP contribution in [0, 0.1) is 6.92 Å². The first kappa shape index (κ1) is 16.7. The first-order valence-electron chi connectivity index (χ1n) is 8.35. The van der Waals surface area contributed by atoms with Crippen LogP contribution in [0.5, 0.6) is 5.88 Å². The van der Waals surface area contributed by atoms with Gasteiger partial charge in [-0.2, -0.15) is 0 Å². The van der Waals surface area contributed by atoms with Gasteiger partial charge in [0, 0.05) is 30.6 Å². The van der Waals surface area contributed by atoms with E-state index >= 15 is 0 Å². The predicted molar refractivity (Wildman–Crippen MR) is 89.2 cm³/mol. The Morgan fingerprint density at radius 2 is 1.74 bits per heavy atom. The first-order valence-corrected chi connectivity index (χ1v) is 8.35. The van der Waals surface area contributed by atoms with Crippen LogP contribution in [0.1, 0.15) is 46.1 Å². The van der Waals surface area contributed by atoms with Crippen molar-refractivity contribution in [2.24, 2.45) is 0 Å². The Morgan fingerprint density at radius 3 is 2.30 bits per heavy atom. The van der Waals surface area contributed by atoms with Gasteiger partial charge in [-0.3, -0.25) is 0 Å². The summed E-state index contributed by atoms with van der Waals surface area (Å²) in [7, 11) is -0.385. The van der Waals surface area contributed by atoms with Gasteiger partial charge in [-0.15, -0.1) is 0 Å². The maximum Gasteiger partial charge on any atom is 0.496 e. The van der Waals surface area contributed by atoms with Gasteiger partial charge in [-0.25, -0.2) is 4.98 Å². The highest BCUT2D eigenvalue weighted by molar-refractivity contribution is 6.62. The molecule has 5 nitrogen and oxygen atoms in total. The van der Waals surface area contributed by atoms with Gasteiger partial charge >= 0.3 is 7.12 Å². The maximum absolute atomic E-state index is 6.10. The van der Waals surface area contributed by atoms with E-state index in [1.165, 1.54) is 0 Å². The summed E-state index contributed by atoms with van der Waals surface area (Å²) in [4.78, 5) is 4.45. The van der Waals surface area contributed by atoms with Crippen LogP contribution in [0.15, 0.2) is 12.3 Å². The zero-order valence-corrected chi connectivity index (χ0v) is 14.7. The second-order valence-corrected chi connectivity index (χ2v) is 7.40. The van der Waals surface area contributed by atoms with E-state index in [0.29, 0.717) is 5.88 Å². The van der Waals surface area contributed by atoms with E-state index in [-0.39, 0.29) is 24.4 Å². The minimum Gasteiger partial charge on any atom is -0.474 e. The highest BCUT2D eigenvalue weighted by Gasteiger charge is 2.52. The van der Waals surface area contributed by atoms with Gasteiger partial charge in [0.2, 0.25) is 5.88 Å². The Hall–Kier alpha value is -1.11. The van der Waals surface area contributed by atoms with Crippen LogP contribution < -0.4 is 10.2 Å². The summed E-state index contributed by atoms with van der Waals surface area (Å²) in [6.07, 6.45) is 3.84. The van der Waals surface area contributed by atoms with Crippen molar-refractivity contribution >= 4 is 12.6 Å². The van der Waals surface area contributed by atoms with Gasteiger partial charge in [0.25, 0.3) is 0 Å². The molecule has 0 amide bonds. The van der Waals surface area contributed by atoms with E-state index in [1.54, 1.807) is 0 Å². The lowest BCUT2D eigenvalue weighted by atomic mass is 9.77. The summed E-state index contributed by atoms with van der Waals surface area (Å²) in [5.74, 6) is 0.662. The molecule has 0 unspecified atom stereocenters. The third-order valence-electron chi connectivity index (χ3n) is 5.09. The number of aryl methyl sites for hydroxylation is 1. The molecule has 2 aliphatic rings. The number of rotatable bonds is 3. The van der Waals surface area contributed by atoms with E-state index in [9.17, 15) is 0 Å². The molecule has 0 saturated carbocycles. The Morgan fingerprint density at radius 1 is 1.13 bits per heavy atom. The number of hydrogen-bond acceptors (Lipinski definition) is 5. The molecule has 0 radical (unpaired) electrons. The average molecular weight is 319 g/mol. The van der Waals surface area contributed by atoms with Crippen LogP contribution in [-0.2, 0) is 14.0 Å². The van der Waals surface area contributed by atoms with E-state index in [4.69, 9.17) is 18.8 Å².